The van der Waals surface area contributed by atoms with Crippen molar-refractivity contribution in [2.75, 3.05) is 0 Å². The third kappa shape index (κ3) is 2.46. The molecular formula is C15H22Si. The fraction of sp³-hybridized carbons (Fsp3) is 0.467. The van der Waals surface area contributed by atoms with Gasteiger partial charge in [0.05, 0.1) is 9.52 Å². The molecule has 1 aliphatic carbocycles. The molecule has 0 saturated heterocycles. The summed E-state index contributed by atoms with van der Waals surface area (Å²) >= 11 is 0. The fourth-order valence-corrected chi connectivity index (χ4v) is 5.04. The minimum absolute atomic E-state index is 0.191. The highest BCUT2D eigenvalue weighted by molar-refractivity contribution is 6.58. The van der Waals surface area contributed by atoms with Crippen LogP contribution >= 0.6 is 0 Å². The number of aryl methyl sites for hydroxylation is 1. The maximum atomic E-state index is 2.49. The zero-order valence-corrected chi connectivity index (χ0v) is 12.1. The van der Waals surface area contributed by atoms with Gasteiger partial charge in [-0.3, -0.25) is 0 Å². The van der Waals surface area contributed by atoms with E-state index in [2.05, 4.69) is 51.1 Å². The quantitative estimate of drug-likeness (QED) is 0.541. The van der Waals surface area contributed by atoms with Crippen LogP contribution in [0.2, 0.25) is 5.04 Å². The number of rotatable bonds is 2. The van der Waals surface area contributed by atoms with Crippen LogP contribution in [-0.2, 0) is 0 Å². The van der Waals surface area contributed by atoms with Gasteiger partial charge < -0.3 is 0 Å². The van der Waals surface area contributed by atoms with Gasteiger partial charge in [-0.1, -0.05) is 42.5 Å². The smallest absolute Gasteiger partial charge is 0.0655 e. The van der Waals surface area contributed by atoms with Gasteiger partial charge in [0.15, 0.2) is 0 Å². The Bertz CT molecular complexity index is 406. The van der Waals surface area contributed by atoms with Gasteiger partial charge in [-0.15, -0.1) is 0 Å². The summed E-state index contributed by atoms with van der Waals surface area (Å²) in [7, 11) is -0.191. The van der Waals surface area contributed by atoms with Crippen molar-refractivity contribution in [1.29, 1.82) is 0 Å². The van der Waals surface area contributed by atoms with Crippen LogP contribution < -0.4 is 5.19 Å². The van der Waals surface area contributed by atoms with E-state index in [1.165, 1.54) is 30.4 Å². The lowest BCUT2D eigenvalue weighted by Gasteiger charge is -2.29. The van der Waals surface area contributed by atoms with E-state index in [0.29, 0.717) is 5.04 Å². The van der Waals surface area contributed by atoms with Crippen LogP contribution in [0.4, 0.5) is 0 Å². The van der Waals surface area contributed by atoms with Gasteiger partial charge in [-0.05, 0) is 49.3 Å². The minimum atomic E-state index is -0.191. The Hall–Kier alpha value is -0.823. The lowest BCUT2D eigenvalue weighted by Crippen LogP contribution is -2.29. The molecule has 0 aromatic heterocycles. The maximum Gasteiger partial charge on any atom is 0.0655 e. The van der Waals surface area contributed by atoms with E-state index in [1.54, 1.807) is 5.19 Å². The molecule has 1 unspecified atom stereocenters. The number of allylic oxidation sites excluding steroid dienone is 2. The third-order valence-corrected chi connectivity index (χ3v) is 6.49. The molecule has 0 N–H and O–H groups in total. The van der Waals surface area contributed by atoms with Gasteiger partial charge in [0.2, 0.25) is 0 Å². The summed E-state index contributed by atoms with van der Waals surface area (Å²) < 4.78 is 0. The molecule has 1 atom stereocenters. The second-order valence-electron chi connectivity index (χ2n) is 5.48. The summed E-state index contributed by atoms with van der Waals surface area (Å²) in [6.45, 7) is 6.97. The molecule has 16 heavy (non-hydrogen) atoms. The summed E-state index contributed by atoms with van der Waals surface area (Å²) in [6, 6.07) is 6.80. The highest BCUT2D eigenvalue weighted by atomic mass is 28.2. The van der Waals surface area contributed by atoms with Crippen molar-refractivity contribution in [2.45, 2.75) is 45.1 Å². The van der Waals surface area contributed by atoms with Crippen molar-refractivity contribution in [2.24, 2.45) is 0 Å². The summed E-state index contributed by atoms with van der Waals surface area (Å²) in [5.41, 5.74) is 2.99. The molecule has 0 fully saturated rings. The highest BCUT2D eigenvalue weighted by Crippen LogP contribution is 2.36. The molecule has 0 spiro atoms. The summed E-state index contributed by atoms with van der Waals surface area (Å²) in [5, 5.41) is 2.19. The van der Waals surface area contributed by atoms with Crippen LogP contribution in [0.15, 0.2) is 30.4 Å². The molecular weight excluding hydrogens is 208 g/mol. The Morgan fingerprint density at radius 1 is 1.25 bits per heavy atom. The van der Waals surface area contributed by atoms with E-state index in [4.69, 9.17) is 0 Å². The molecule has 0 saturated carbocycles. The highest BCUT2D eigenvalue weighted by Gasteiger charge is 2.24. The molecule has 0 bridgehead atoms. The first kappa shape index (κ1) is 11.7. The van der Waals surface area contributed by atoms with Gasteiger partial charge in [0, 0.05) is 0 Å². The lowest BCUT2D eigenvalue weighted by molar-refractivity contribution is 0.600. The average molecular weight is 230 g/mol. The molecule has 0 aliphatic heterocycles. The van der Waals surface area contributed by atoms with E-state index in [-0.39, 0.29) is 9.52 Å². The van der Waals surface area contributed by atoms with Crippen molar-refractivity contribution in [1.82, 2.24) is 0 Å². The molecule has 1 aliphatic rings. The van der Waals surface area contributed by atoms with E-state index < -0.39 is 0 Å². The summed E-state index contributed by atoms with van der Waals surface area (Å²) in [4.78, 5) is 0. The van der Waals surface area contributed by atoms with Gasteiger partial charge >= 0.3 is 0 Å². The van der Waals surface area contributed by atoms with Crippen LogP contribution in [0.1, 0.15) is 37.3 Å². The SMILES string of the molecule is Cc1cccc([SiH2]C2(C)C=CCCC2)c1C. The van der Waals surface area contributed by atoms with Crippen LogP contribution in [-0.4, -0.2) is 9.52 Å². The molecule has 86 valence electrons. The summed E-state index contributed by atoms with van der Waals surface area (Å²) in [5.74, 6) is 0. The van der Waals surface area contributed by atoms with Crippen molar-refractivity contribution in [3.63, 3.8) is 0 Å². The van der Waals surface area contributed by atoms with Crippen LogP contribution in [0.3, 0.4) is 0 Å². The summed E-state index contributed by atoms with van der Waals surface area (Å²) in [6.07, 6.45) is 8.94. The topological polar surface area (TPSA) is 0 Å². The minimum Gasteiger partial charge on any atom is -0.0883 e. The van der Waals surface area contributed by atoms with E-state index in [9.17, 15) is 0 Å². The normalized spacial score (nSPS) is 25.4. The Labute approximate surface area is 102 Å². The van der Waals surface area contributed by atoms with Crippen molar-refractivity contribution < 1.29 is 0 Å². The van der Waals surface area contributed by atoms with E-state index in [0.717, 1.165) is 0 Å². The Morgan fingerprint density at radius 2 is 2.06 bits per heavy atom. The fourth-order valence-electron chi connectivity index (χ4n) is 2.66. The predicted molar refractivity (Wildman–Crippen MR) is 75.5 cm³/mol. The average Bonchev–Trinajstić information content (AvgIpc) is 2.26. The van der Waals surface area contributed by atoms with Crippen molar-refractivity contribution in [3.8, 4) is 0 Å². The van der Waals surface area contributed by atoms with Crippen LogP contribution in [0.25, 0.3) is 0 Å². The molecule has 1 heteroatoms. The number of hydrogen-bond donors (Lipinski definition) is 0. The first-order valence-corrected chi connectivity index (χ1v) is 7.75. The molecule has 2 rings (SSSR count). The largest absolute Gasteiger partial charge is 0.0883 e. The molecule has 1 aromatic carbocycles. The van der Waals surface area contributed by atoms with Gasteiger partial charge in [0.1, 0.15) is 0 Å². The maximum absolute atomic E-state index is 2.49. The van der Waals surface area contributed by atoms with Crippen LogP contribution in [0, 0.1) is 13.8 Å². The Kier molecular flexibility index (Phi) is 3.34. The van der Waals surface area contributed by atoms with Crippen molar-refractivity contribution in [3.05, 3.63) is 41.5 Å². The molecule has 0 heterocycles. The van der Waals surface area contributed by atoms with E-state index >= 15 is 0 Å². The molecule has 0 radical (unpaired) electrons. The Balaban J connectivity index is 2.23. The Morgan fingerprint density at radius 3 is 2.75 bits per heavy atom. The molecule has 0 amide bonds. The second kappa shape index (κ2) is 4.58. The van der Waals surface area contributed by atoms with Crippen molar-refractivity contribution >= 4 is 14.7 Å². The lowest BCUT2D eigenvalue weighted by atomic mass is 9.97. The first-order chi connectivity index (χ1) is 7.61. The van der Waals surface area contributed by atoms with Crippen LogP contribution in [0.5, 0.6) is 0 Å². The van der Waals surface area contributed by atoms with Gasteiger partial charge in [-0.2, -0.15) is 0 Å². The predicted octanol–water partition coefficient (Wildman–Crippen LogP) is 3.02. The number of hydrogen-bond acceptors (Lipinski definition) is 0. The molecule has 1 aromatic rings. The standard InChI is InChI=1S/C15H22Si/c1-12-8-7-9-14(13(12)2)16-15(3)10-5-4-6-11-15/h5,7-10H,4,6,11,16H2,1-3H3. The van der Waals surface area contributed by atoms with Gasteiger partial charge in [0.25, 0.3) is 0 Å². The zero-order valence-electron chi connectivity index (χ0n) is 10.7. The number of benzene rings is 1. The zero-order chi connectivity index (χ0) is 11.6. The molecule has 0 nitrogen and oxygen atoms in total. The van der Waals surface area contributed by atoms with E-state index in [1.807, 2.05) is 0 Å². The van der Waals surface area contributed by atoms with Gasteiger partial charge in [-0.25, -0.2) is 0 Å². The second-order valence-corrected chi connectivity index (χ2v) is 8.22. The monoisotopic (exact) mass is 230 g/mol. The first-order valence-electron chi connectivity index (χ1n) is 6.33. The third-order valence-electron chi connectivity index (χ3n) is 3.95.